The van der Waals surface area contributed by atoms with Crippen LogP contribution in [0.15, 0.2) is 15.6 Å². The van der Waals surface area contributed by atoms with Crippen molar-refractivity contribution >= 4 is 29.9 Å². The van der Waals surface area contributed by atoms with Gasteiger partial charge in [0.25, 0.3) is 0 Å². The predicted molar refractivity (Wildman–Crippen MR) is 103 cm³/mol. The fraction of sp³-hybridized carbons (Fsp3) is 0.765. The van der Waals surface area contributed by atoms with Crippen LogP contribution in [0, 0.1) is 18.8 Å². The van der Waals surface area contributed by atoms with Crippen LogP contribution in [0.2, 0.25) is 0 Å². The van der Waals surface area contributed by atoms with Crippen molar-refractivity contribution in [2.45, 2.75) is 64.5 Å². The highest BCUT2D eigenvalue weighted by molar-refractivity contribution is 14.0. The fourth-order valence-corrected chi connectivity index (χ4v) is 4.06. The molecule has 3 rings (SSSR count). The van der Waals surface area contributed by atoms with Gasteiger partial charge in [-0.15, -0.1) is 24.0 Å². The molecule has 1 heterocycles. The van der Waals surface area contributed by atoms with Crippen molar-refractivity contribution in [2.75, 3.05) is 7.05 Å². The molecular formula is C17H29IN4O. The first-order valence-electron chi connectivity index (χ1n) is 8.64. The van der Waals surface area contributed by atoms with Gasteiger partial charge in [0.05, 0.1) is 12.2 Å². The molecule has 0 aromatic carbocycles. The average molecular weight is 432 g/mol. The van der Waals surface area contributed by atoms with E-state index in [9.17, 15) is 0 Å². The Kier molecular flexibility index (Phi) is 7.17. The molecule has 2 saturated carbocycles. The zero-order valence-corrected chi connectivity index (χ0v) is 16.5. The average Bonchev–Trinajstić information content (AvgIpc) is 2.96. The molecule has 5 nitrogen and oxygen atoms in total. The first kappa shape index (κ1) is 18.5. The Morgan fingerprint density at radius 1 is 1.26 bits per heavy atom. The van der Waals surface area contributed by atoms with Crippen LogP contribution in [0.25, 0.3) is 0 Å². The molecule has 2 aliphatic rings. The third-order valence-corrected chi connectivity index (χ3v) is 5.21. The van der Waals surface area contributed by atoms with Crippen LogP contribution in [-0.2, 0) is 6.54 Å². The minimum atomic E-state index is 0. The number of aromatic nitrogens is 1. The zero-order chi connectivity index (χ0) is 15.4. The number of rotatable bonds is 3. The number of aryl methyl sites for hydroxylation is 1. The lowest BCUT2D eigenvalue weighted by Crippen LogP contribution is -2.46. The first-order chi connectivity index (χ1) is 10.7. The van der Waals surface area contributed by atoms with Gasteiger partial charge < -0.3 is 15.2 Å². The van der Waals surface area contributed by atoms with E-state index in [1.54, 1.807) is 0 Å². The van der Waals surface area contributed by atoms with Crippen molar-refractivity contribution in [3.05, 3.63) is 17.5 Å². The minimum Gasteiger partial charge on any atom is -0.359 e. The molecular weight excluding hydrogens is 403 g/mol. The van der Waals surface area contributed by atoms with Crippen molar-refractivity contribution in [1.82, 2.24) is 15.8 Å². The molecule has 0 amide bonds. The quantitative estimate of drug-likeness (QED) is 0.435. The van der Waals surface area contributed by atoms with Gasteiger partial charge in [0.15, 0.2) is 11.7 Å². The number of nitrogens with one attached hydrogen (secondary N) is 2. The smallest absolute Gasteiger partial charge is 0.191 e. The lowest BCUT2D eigenvalue weighted by atomic mass is 9.69. The predicted octanol–water partition coefficient (Wildman–Crippen LogP) is 3.62. The maximum atomic E-state index is 5.22. The molecule has 0 spiro atoms. The standard InChI is InChI=1S/C17H28N4O.HI/c1-12-9-16(22-21-12)11-19-17(18-2)20-15-8-7-13-5-3-4-6-14(13)10-15;/h9,13-15H,3-8,10-11H2,1-2H3,(H2,18,19,20);1H. The van der Waals surface area contributed by atoms with Gasteiger partial charge in [-0.25, -0.2) is 0 Å². The second-order valence-corrected chi connectivity index (χ2v) is 6.82. The molecule has 0 saturated heterocycles. The molecule has 0 bridgehead atoms. The Morgan fingerprint density at radius 3 is 2.74 bits per heavy atom. The van der Waals surface area contributed by atoms with Crippen molar-refractivity contribution in [3.63, 3.8) is 0 Å². The number of hydrogen-bond donors (Lipinski definition) is 2. The highest BCUT2D eigenvalue weighted by Crippen LogP contribution is 2.40. The second-order valence-electron chi connectivity index (χ2n) is 6.82. The second kappa shape index (κ2) is 8.89. The van der Waals surface area contributed by atoms with E-state index in [-0.39, 0.29) is 24.0 Å². The molecule has 0 aliphatic heterocycles. The Balaban J connectivity index is 0.00000192. The zero-order valence-electron chi connectivity index (χ0n) is 14.2. The molecule has 1 aromatic heterocycles. The number of hydrogen-bond acceptors (Lipinski definition) is 3. The largest absolute Gasteiger partial charge is 0.359 e. The number of guanidine groups is 1. The Hall–Kier alpha value is -0.790. The van der Waals surface area contributed by atoms with E-state index >= 15 is 0 Å². The minimum absolute atomic E-state index is 0. The SMILES string of the molecule is CN=C(NCc1cc(C)no1)NC1CCC2CCCCC2C1.I. The van der Waals surface area contributed by atoms with Gasteiger partial charge in [-0.05, 0) is 38.0 Å². The van der Waals surface area contributed by atoms with E-state index in [1.807, 2.05) is 20.0 Å². The van der Waals surface area contributed by atoms with Crippen LogP contribution in [0.4, 0.5) is 0 Å². The van der Waals surface area contributed by atoms with Crippen LogP contribution in [0.1, 0.15) is 56.4 Å². The third kappa shape index (κ3) is 5.09. The van der Waals surface area contributed by atoms with E-state index in [2.05, 4.69) is 20.8 Å². The molecule has 130 valence electrons. The Bertz CT molecular complexity index is 516. The highest BCUT2D eigenvalue weighted by Gasteiger charge is 2.32. The molecule has 1 aromatic rings. The van der Waals surface area contributed by atoms with Gasteiger partial charge in [-0.2, -0.15) is 0 Å². The van der Waals surface area contributed by atoms with Crippen LogP contribution in [-0.4, -0.2) is 24.2 Å². The summed E-state index contributed by atoms with van der Waals surface area (Å²) in [5, 5.41) is 10.8. The lowest BCUT2D eigenvalue weighted by molar-refractivity contribution is 0.150. The molecule has 2 fully saturated rings. The monoisotopic (exact) mass is 432 g/mol. The van der Waals surface area contributed by atoms with Crippen molar-refractivity contribution < 1.29 is 4.52 Å². The van der Waals surface area contributed by atoms with Crippen LogP contribution < -0.4 is 10.6 Å². The van der Waals surface area contributed by atoms with Gasteiger partial charge >= 0.3 is 0 Å². The molecule has 0 radical (unpaired) electrons. The van der Waals surface area contributed by atoms with Gasteiger partial charge in [0, 0.05) is 19.2 Å². The summed E-state index contributed by atoms with van der Waals surface area (Å²) in [5.74, 6) is 3.62. The van der Waals surface area contributed by atoms with E-state index in [1.165, 1.54) is 44.9 Å². The van der Waals surface area contributed by atoms with Gasteiger partial charge in [-0.3, -0.25) is 4.99 Å². The summed E-state index contributed by atoms with van der Waals surface area (Å²) in [5.41, 5.74) is 0.912. The normalized spacial score (nSPS) is 27.7. The molecule has 23 heavy (non-hydrogen) atoms. The van der Waals surface area contributed by atoms with Crippen LogP contribution in [0.3, 0.4) is 0 Å². The first-order valence-corrected chi connectivity index (χ1v) is 8.64. The molecule has 6 heteroatoms. The van der Waals surface area contributed by atoms with E-state index in [0.29, 0.717) is 12.6 Å². The highest BCUT2D eigenvalue weighted by atomic mass is 127. The topological polar surface area (TPSA) is 62.5 Å². The third-order valence-electron chi connectivity index (χ3n) is 5.21. The molecule has 2 N–H and O–H groups in total. The Morgan fingerprint density at radius 2 is 2.04 bits per heavy atom. The fourth-order valence-electron chi connectivity index (χ4n) is 4.06. The molecule has 2 aliphatic carbocycles. The number of nitrogens with zero attached hydrogens (tertiary/aromatic N) is 2. The van der Waals surface area contributed by atoms with E-state index in [0.717, 1.165) is 29.2 Å². The number of aliphatic imine (C=N–C) groups is 1. The van der Waals surface area contributed by atoms with Crippen molar-refractivity contribution in [1.29, 1.82) is 0 Å². The van der Waals surface area contributed by atoms with E-state index < -0.39 is 0 Å². The van der Waals surface area contributed by atoms with Crippen molar-refractivity contribution in [3.8, 4) is 0 Å². The summed E-state index contributed by atoms with van der Waals surface area (Å²) in [6, 6.07) is 2.51. The van der Waals surface area contributed by atoms with Crippen LogP contribution in [0.5, 0.6) is 0 Å². The van der Waals surface area contributed by atoms with Gasteiger partial charge in [0.1, 0.15) is 0 Å². The van der Waals surface area contributed by atoms with Crippen LogP contribution >= 0.6 is 24.0 Å². The number of halogens is 1. The van der Waals surface area contributed by atoms with E-state index in [4.69, 9.17) is 4.52 Å². The summed E-state index contributed by atoms with van der Waals surface area (Å²) in [4.78, 5) is 4.34. The van der Waals surface area contributed by atoms with Gasteiger partial charge in [0.2, 0.25) is 0 Å². The summed E-state index contributed by atoms with van der Waals surface area (Å²) < 4.78 is 5.22. The summed E-state index contributed by atoms with van der Waals surface area (Å²) in [6.07, 6.45) is 9.68. The molecule has 3 unspecified atom stereocenters. The summed E-state index contributed by atoms with van der Waals surface area (Å²) in [7, 11) is 1.83. The lowest BCUT2D eigenvalue weighted by Gasteiger charge is -2.39. The molecule has 3 atom stereocenters. The Labute approximate surface area is 156 Å². The summed E-state index contributed by atoms with van der Waals surface area (Å²) >= 11 is 0. The van der Waals surface area contributed by atoms with Crippen molar-refractivity contribution in [2.24, 2.45) is 16.8 Å². The maximum absolute atomic E-state index is 5.22. The van der Waals surface area contributed by atoms with Gasteiger partial charge in [-0.1, -0.05) is 30.8 Å². The maximum Gasteiger partial charge on any atom is 0.191 e. The number of fused-ring (bicyclic) bond motifs is 1. The summed E-state index contributed by atoms with van der Waals surface area (Å²) in [6.45, 7) is 2.56.